The van der Waals surface area contributed by atoms with E-state index < -0.39 is 0 Å². The largest absolute Gasteiger partial charge is 0.143 e. The van der Waals surface area contributed by atoms with Gasteiger partial charge in [-0.2, -0.15) is 0 Å². The quantitative estimate of drug-likeness (QED) is 0.518. The molecule has 1 heterocycles. The van der Waals surface area contributed by atoms with Gasteiger partial charge in [0.15, 0.2) is 0 Å². The molecule has 0 atom stereocenters. The van der Waals surface area contributed by atoms with Crippen LogP contribution in [0.2, 0.25) is 0 Å². The van der Waals surface area contributed by atoms with Gasteiger partial charge in [-0.1, -0.05) is 58.7 Å². The normalized spacial score (nSPS) is 10.9. The number of benzene rings is 2. The van der Waals surface area contributed by atoms with Crippen molar-refractivity contribution in [1.29, 1.82) is 0 Å². The number of thiophene rings is 1. The van der Waals surface area contributed by atoms with Crippen LogP contribution in [0.5, 0.6) is 0 Å². The van der Waals surface area contributed by atoms with Crippen molar-refractivity contribution in [3.63, 3.8) is 0 Å². The van der Waals surface area contributed by atoms with Crippen LogP contribution in [0, 0.1) is 27.7 Å². The van der Waals surface area contributed by atoms with Crippen molar-refractivity contribution < 1.29 is 0 Å². The summed E-state index contributed by atoms with van der Waals surface area (Å²) in [6.07, 6.45) is 0. The van der Waals surface area contributed by atoms with E-state index >= 15 is 0 Å². The maximum Gasteiger partial charge on any atom is 0.0349 e. The molecule has 0 nitrogen and oxygen atoms in total. The molecule has 1 heteroatoms. The van der Waals surface area contributed by atoms with Gasteiger partial charge in [-0.05, 0) is 55.8 Å². The van der Waals surface area contributed by atoms with E-state index in [-0.39, 0.29) is 0 Å². The van der Waals surface area contributed by atoms with E-state index in [1.807, 2.05) is 11.3 Å². The number of hydrogen-bond acceptors (Lipinski definition) is 1. The first-order valence-electron chi connectivity index (χ1n) is 7.27. The van der Waals surface area contributed by atoms with E-state index in [2.05, 4.69) is 75.5 Å². The first-order chi connectivity index (χ1) is 10.0. The van der Waals surface area contributed by atoms with Crippen LogP contribution in [0.3, 0.4) is 0 Å². The summed E-state index contributed by atoms with van der Waals surface area (Å²) in [6, 6.07) is 15.8. The average molecular weight is 292 g/mol. The van der Waals surface area contributed by atoms with Gasteiger partial charge in [-0.25, -0.2) is 0 Å². The summed E-state index contributed by atoms with van der Waals surface area (Å²) < 4.78 is 0. The van der Waals surface area contributed by atoms with Crippen LogP contribution < -0.4 is 0 Å². The molecular weight excluding hydrogens is 272 g/mol. The zero-order valence-corrected chi connectivity index (χ0v) is 13.8. The Bertz CT molecular complexity index is 687. The van der Waals surface area contributed by atoms with Crippen LogP contribution in [0.15, 0.2) is 47.8 Å². The number of hydrogen-bond donors (Lipinski definition) is 0. The van der Waals surface area contributed by atoms with Gasteiger partial charge in [0.2, 0.25) is 0 Å². The van der Waals surface area contributed by atoms with Crippen LogP contribution in [-0.2, 0) is 0 Å². The predicted octanol–water partition coefficient (Wildman–Crippen LogP) is 6.32. The molecule has 0 radical (unpaired) electrons. The highest BCUT2D eigenvalue weighted by Crippen LogP contribution is 2.34. The molecule has 106 valence electrons. The molecule has 1 aromatic heterocycles. The Labute approximate surface area is 131 Å². The summed E-state index contributed by atoms with van der Waals surface area (Å²) >= 11 is 1.83. The Kier molecular flexibility index (Phi) is 3.69. The van der Waals surface area contributed by atoms with Gasteiger partial charge in [-0.15, -0.1) is 11.3 Å². The third-order valence-corrected chi connectivity index (χ3v) is 4.64. The van der Waals surface area contributed by atoms with E-state index in [1.165, 1.54) is 43.8 Å². The predicted molar refractivity (Wildman–Crippen MR) is 94.1 cm³/mol. The Morgan fingerprint density at radius 2 is 1.00 bits per heavy atom. The number of rotatable bonds is 2. The maximum atomic E-state index is 2.31. The van der Waals surface area contributed by atoms with Crippen molar-refractivity contribution in [1.82, 2.24) is 0 Å². The van der Waals surface area contributed by atoms with Crippen LogP contribution in [0.1, 0.15) is 22.3 Å². The number of aryl methyl sites for hydroxylation is 4. The highest BCUT2D eigenvalue weighted by Gasteiger charge is 2.06. The highest BCUT2D eigenvalue weighted by atomic mass is 32.1. The SMILES string of the molecule is Cc1cc(C)cc(-c2csc(-c3cc(C)cc(C)c3)c2)c1. The summed E-state index contributed by atoms with van der Waals surface area (Å²) in [7, 11) is 0. The van der Waals surface area contributed by atoms with Crippen molar-refractivity contribution in [3.8, 4) is 21.6 Å². The van der Waals surface area contributed by atoms with Crippen LogP contribution in [-0.4, -0.2) is 0 Å². The van der Waals surface area contributed by atoms with Crippen molar-refractivity contribution in [2.45, 2.75) is 27.7 Å². The van der Waals surface area contributed by atoms with Crippen molar-refractivity contribution in [3.05, 3.63) is 70.1 Å². The molecule has 0 saturated heterocycles. The highest BCUT2D eigenvalue weighted by molar-refractivity contribution is 7.14. The molecule has 2 aromatic carbocycles. The Hall–Kier alpha value is -1.86. The summed E-state index contributed by atoms with van der Waals surface area (Å²) in [6.45, 7) is 8.64. The fourth-order valence-electron chi connectivity index (χ4n) is 2.90. The Morgan fingerprint density at radius 1 is 0.524 bits per heavy atom. The fraction of sp³-hybridized carbons (Fsp3) is 0.200. The standard InChI is InChI=1S/C20H20S/c1-13-5-14(2)8-17(7-13)19-11-20(21-12-19)18-9-15(3)6-16(4)10-18/h5-12H,1-4H3. The molecular formula is C20H20S. The molecule has 3 aromatic rings. The van der Waals surface area contributed by atoms with Gasteiger partial charge in [-0.3, -0.25) is 0 Å². The van der Waals surface area contributed by atoms with Crippen LogP contribution in [0.25, 0.3) is 21.6 Å². The van der Waals surface area contributed by atoms with Crippen LogP contribution >= 0.6 is 11.3 Å². The van der Waals surface area contributed by atoms with Gasteiger partial charge < -0.3 is 0 Å². The van der Waals surface area contributed by atoms with E-state index in [9.17, 15) is 0 Å². The third-order valence-electron chi connectivity index (χ3n) is 3.66. The zero-order valence-electron chi connectivity index (χ0n) is 13.0. The molecule has 0 aliphatic rings. The van der Waals surface area contributed by atoms with Gasteiger partial charge >= 0.3 is 0 Å². The van der Waals surface area contributed by atoms with E-state index in [4.69, 9.17) is 0 Å². The second-order valence-corrected chi connectivity index (χ2v) is 6.86. The van der Waals surface area contributed by atoms with E-state index in [0.29, 0.717) is 0 Å². The van der Waals surface area contributed by atoms with Crippen molar-refractivity contribution in [2.24, 2.45) is 0 Å². The first kappa shape index (κ1) is 14.1. The van der Waals surface area contributed by atoms with Gasteiger partial charge in [0.05, 0.1) is 0 Å². The fourth-order valence-corrected chi connectivity index (χ4v) is 3.80. The lowest BCUT2D eigenvalue weighted by molar-refractivity contribution is 1.38. The second kappa shape index (κ2) is 5.50. The minimum atomic E-state index is 1.32. The van der Waals surface area contributed by atoms with Gasteiger partial charge in [0.1, 0.15) is 0 Å². The minimum Gasteiger partial charge on any atom is -0.143 e. The minimum absolute atomic E-state index is 1.32. The molecule has 3 rings (SSSR count). The monoisotopic (exact) mass is 292 g/mol. The molecule has 0 N–H and O–H groups in total. The smallest absolute Gasteiger partial charge is 0.0349 e. The lowest BCUT2D eigenvalue weighted by Gasteiger charge is -2.03. The van der Waals surface area contributed by atoms with E-state index in [0.717, 1.165) is 0 Å². The topological polar surface area (TPSA) is 0 Å². The van der Waals surface area contributed by atoms with Crippen molar-refractivity contribution in [2.75, 3.05) is 0 Å². The molecule has 0 saturated carbocycles. The molecule has 0 spiro atoms. The third kappa shape index (κ3) is 3.08. The Morgan fingerprint density at radius 3 is 1.52 bits per heavy atom. The summed E-state index contributed by atoms with van der Waals surface area (Å²) in [5.74, 6) is 0. The maximum absolute atomic E-state index is 2.31. The zero-order chi connectivity index (χ0) is 15.0. The summed E-state index contributed by atoms with van der Waals surface area (Å²) in [5, 5.41) is 2.27. The van der Waals surface area contributed by atoms with E-state index in [1.54, 1.807) is 0 Å². The molecule has 0 aliphatic heterocycles. The molecule has 21 heavy (non-hydrogen) atoms. The lowest BCUT2D eigenvalue weighted by Crippen LogP contribution is -1.81. The van der Waals surface area contributed by atoms with Crippen molar-refractivity contribution >= 4 is 11.3 Å². The van der Waals surface area contributed by atoms with Crippen LogP contribution in [0.4, 0.5) is 0 Å². The van der Waals surface area contributed by atoms with Gasteiger partial charge in [0, 0.05) is 4.88 Å². The summed E-state index contributed by atoms with van der Waals surface area (Å²) in [5.41, 5.74) is 9.26. The first-order valence-corrected chi connectivity index (χ1v) is 8.15. The molecule has 0 unspecified atom stereocenters. The lowest BCUT2D eigenvalue weighted by atomic mass is 10.0. The molecule has 0 amide bonds. The average Bonchev–Trinajstić information content (AvgIpc) is 2.85. The molecule has 0 aliphatic carbocycles. The molecule has 0 fully saturated rings. The van der Waals surface area contributed by atoms with Gasteiger partial charge in [0.25, 0.3) is 0 Å². The molecule has 0 bridgehead atoms. The Balaban J connectivity index is 2.03. The summed E-state index contributed by atoms with van der Waals surface area (Å²) in [4.78, 5) is 1.34. The second-order valence-electron chi connectivity index (χ2n) is 5.95.